The molecular weight excluding hydrogens is 269 g/mol. The van der Waals surface area contributed by atoms with Crippen LogP contribution in [-0.2, 0) is 4.79 Å². The highest BCUT2D eigenvalue weighted by atomic mass is 19.1. The number of amides is 1. The van der Waals surface area contributed by atoms with Crippen LogP contribution in [0.25, 0.3) is 0 Å². The summed E-state index contributed by atoms with van der Waals surface area (Å²) in [6.07, 6.45) is 4.59. The minimum absolute atomic E-state index is 0.195. The first-order chi connectivity index (χ1) is 10.2. The molecule has 0 unspecified atom stereocenters. The molecule has 0 saturated heterocycles. The van der Waals surface area contributed by atoms with E-state index in [-0.39, 0.29) is 17.5 Å². The van der Waals surface area contributed by atoms with Gasteiger partial charge in [-0.1, -0.05) is 19.1 Å². The quantitative estimate of drug-likeness (QED) is 0.651. The van der Waals surface area contributed by atoms with Crippen LogP contribution in [0.4, 0.5) is 4.39 Å². The number of para-hydroxylation sites is 1. The zero-order valence-electron chi connectivity index (χ0n) is 12.7. The molecule has 0 radical (unpaired) electrons. The zero-order chi connectivity index (χ0) is 15.1. The van der Waals surface area contributed by atoms with Gasteiger partial charge >= 0.3 is 0 Å². The fourth-order valence-corrected chi connectivity index (χ4v) is 2.33. The molecule has 1 fully saturated rings. The van der Waals surface area contributed by atoms with Gasteiger partial charge < -0.3 is 9.64 Å². The van der Waals surface area contributed by atoms with Crippen LogP contribution in [0.1, 0.15) is 39.0 Å². The van der Waals surface area contributed by atoms with E-state index in [1.807, 2.05) is 4.90 Å². The van der Waals surface area contributed by atoms with Crippen LogP contribution in [0.3, 0.4) is 0 Å². The Balaban J connectivity index is 1.68. The molecule has 116 valence electrons. The highest BCUT2D eigenvalue weighted by Gasteiger charge is 2.26. The van der Waals surface area contributed by atoms with Gasteiger partial charge in [-0.15, -0.1) is 0 Å². The molecule has 0 aromatic heterocycles. The second kappa shape index (κ2) is 8.01. The van der Waals surface area contributed by atoms with Gasteiger partial charge in [-0.05, 0) is 43.7 Å². The number of benzene rings is 1. The van der Waals surface area contributed by atoms with Gasteiger partial charge in [-0.2, -0.15) is 0 Å². The molecule has 1 aliphatic carbocycles. The summed E-state index contributed by atoms with van der Waals surface area (Å²) in [5, 5.41) is 0. The van der Waals surface area contributed by atoms with Gasteiger partial charge in [0.1, 0.15) is 0 Å². The van der Waals surface area contributed by atoms with E-state index in [1.165, 1.54) is 18.9 Å². The van der Waals surface area contributed by atoms with Gasteiger partial charge in [0.15, 0.2) is 11.6 Å². The second-order valence-corrected chi connectivity index (χ2v) is 5.67. The Morgan fingerprint density at radius 1 is 1.38 bits per heavy atom. The minimum atomic E-state index is -0.356. The first kappa shape index (κ1) is 15.8. The van der Waals surface area contributed by atoms with Crippen LogP contribution < -0.4 is 4.74 Å². The van der Waals surface area contributed by atoms with Crippen molar-refractivity contribution in [2.24, 2.45) is 5.92 Å². The molecule has 1 saturated carbocycles. The third-order valence-corrected chi connectivity index (χ3v) is 3.65. The van der Waals surface area contributed by atoms with Gasteiger partial charge in [-0.3, -0.25) is 4.79 Å². The Bertz CT molecular complexity index is 460. The Morgan fingerprint density at radius 3 is 2.81 bits per heavy atom. The van der Waals surface area contributed by atoms with E-state index >= 15 is 0 Å². The molecule has 1 amide bonds. The van der Waals surface area contributed by atoms with Crippen molar-refractivity contribution < 1.29 is 13.9 Å². The Labute approximate surface area is 126 Å². The molecule has 0 N–H and O–H groups in total. The number of halogens is 1. The van der Waals surface area contributed by atoms with Crippen molar-refractivity contribution in [1.29, 1.82) is 0 Å². The lowest BCUT2D eigenvalue weighted by molar-refractivity contribution is -0.131. The van der Waals surface area contributed by atoms with Crippen molar-refractivity contribution in [2.75, 3.05) is 19.7 Å². The lowest BCUT2D eigenvalue weighted by Crippen LogP contribution is -2.33. The fraction of sp³-hybridized carbons (Fsp3) is 0.588. The molecule has 0 atom stereocenters. The molecule has 0 bridgehead atoms. The number of hydrogen-bond acceptors (Lipinski definition) is 2. The SMILES string of the molecule is CCCN(CC1CC1)C(=O)CCCOc1ccccc1F. The summed E-state index contributed by atoms with van der Waals surface area (Å²) in [5.74, 6) is 0.814. The number of nitrogens with zero attached hydrogens (tertiary/aromatic N) is 1. The van der Waals surface area contributed by atoms with Gasteiger partial charge in [0.25, 0.3) is 0 Å². The zero-order valence-corrected chi connectivity index (χ0v) is 12.7. The number of ether oxygens (including phenoxy) is 1. The molecule has 21 heavy (non-hydrogen) atoms. The Morgan fingerprint density at radius 2 is 2.14 bits per heavy atom. The molecule has 3 nitrogen and oxygen atoms in total. The Kier molecular flexibility index (Phi) is 6.03. The maximum Gasteiger partial charge on any atom is 0.222 e. The average molecular weight is 293 g/mol. The van der Waals surface area contributed by atoms with Crippen LogP contribution in [0.15, 0.2) is 24.3 Å². The summed E-state index contributed by atoms with van der Waals surface area (Å²) in [4.78, 5) is 14.1. The van der Waals surface area contributed by atoms with Crippen molar-refractivity contribution in [3.63, 3.8) is 0 Å². The third-order valence-electron chi connectivity index (χ3n) is 3.65. The first-order valence-corrected chi connectivity index (χ1v) is 7.85. The molecule has 0 spiro atoms. The average Bonchev–Trinajstić information content (AvgIpc) is 3.28. The first-order valence-electron chi connectivity index (χ1n) is 7.85. The Hall–Kier alpha value is -1.58. The molecule has 2 rings (SSSR count). The lowest BCUT2D eigenvalue weighted by atomic mass is 10.2. The molecule has 0 aliphatic heterocycles. The van der Waals surface area contributed by atoms with E-state index in [4.69, 9.17) is 4.74 Å². The van der Waals surface area contributed by atoms with Crippen molar-refractivity contribution in [3.05, 3.63) is 30.1 Å². The lowest BCUT2D eigenvalue weighted by Gasteiger charge is -2.22. The van der Waals surface area contributed by atoms with Gasteiger partial charge in [0, 0.05) is 19.5 Å². The number of carbonyl (C=O) groups is 1. The predicted molar refractivity (Wildman–Crippen MR) is 80.7 cm³/mol. The van der Waals surface area contributed by atoms with Gasteiger partial charge in [-0.25, -0.2) is 4.39 Å². The summed E-state index contributed by atoms with van der Waals surface area (Å²) in [6, 6.07) is 6.35. The summed E-state index contributed by atoms with van der Waals surface area (Å²) in [7, 11) is 0. The largest absolute Gasteiger partial charge is 0.491 e. The number of carbonyl (C=O) groups excluding carboxylic acids is 1. The number of hydrogen-bond donors (Lipinski definition) is 0. The van der Waals surface area contributed by atoms with Crippen LogP contribution in [0.2, 0.25) is 0 Å². The summed E-state index contributed by atoms with van der Waals surface area (Å²) < 4.78 is 18.7. The smallest absolute Gasteiger partial charge is 0.222 e. The van der Waals surface area contributed by atoms with E-state index in [0.717, 1.165) is 25.4 Å². The predicted octanol–water partition coefficient (Wildman–Crippen LogP) is 3.63. The van der Waals surface area contributed by atoms with Crippen molar-refractivity contribution in [2.45, 2.75) is 39.0 Å². The maximum atomic E-state index is 13.4. The normalized spacial score (nSPS) is 14.0. The molecule has 1 aromatic carbocycles. The van der Waals surface area contributed by atoms with E-state index in [1.54, 1.807) is 18.2 Å². The van der Waals surface area contributed by atoms with E-state index in [9.17, 15) is 9.18 Å². The maximum absolute atomic E-state index is 13.4. The van der Waals surface area contributed by atoms with Crippen LogP contribution in [-0.4, -0.2) is 30.5 Å². The fourth-order valence-electron chi connectivity index (χ4n) is 2.33. The minimum Gasteiger partial charge on any atom is -0.491 e. The summed E-state index contributed by atoms with van der Waals surface area (Å²) in [6.45, 7) is 4.20. The molecule has 4 heteroatoms. The van der Waals surface area contributed by atoms with Crippen molar-refractivity contribution in [1.82, 2.24) is 4.90 Å². The highest BCUT2D eigenvalue weighted by molar-refractivity contribution is 5.76. The summed E-state index contributed by atoms with van der Waals surface area (Å²) >= 11 is 0. The van der Waals surface area contributed by atoms with Gasteiger partial charge in [0.05, 0.1) is 6.61 Å². The van der Waals surface area contributed by atoms with E-state index in [0.29, 0.717) is 19.4 Å². The summed E-state index contributed by atoms with van der Waals surface area (Å²) in [5.41, 5.74) is 0. The van der Waals surface area contributed by atoms with Gasteiger partial charge in [0.2, 0.25) is 5.91 Å². The monoisotopic (exact) mass is 293 g/mol. The van der Waals surface area contributed by atoms with Crippen LogP contribution >= 0.6 is 0 Å². The molecule has 1 aromatic rings. The van der Waals surface area contributed by atoms with Crippen LogP contribution in [0, 0.1) is 11.7 Å². The molecule has 0 heterocycles. The van der Waals surface area contributed by atoms with Crippen molar-refractivity contribution >= 4 is 5.91 Å². The topological polar surface area (TPSA) is 29.5 Å². The standard InChI is InChI=1S/C17H24FNO2/c1-2-11-19(13-14-9-10-14)17(20)8-5-12-21-16-7-4-3-6-15(16)18/h3-4,6-7,14H,2,5,8-13H2,1H3. The highest BCUT2D eigenvalue weighted by Crippen LogP contribution is 2.30. The second-order valence-electron chi connectivity index (χ2n) is 5.67. The molecule has 1 aliphatic rings. The molecular formula is C17H24FNO2. The van der Waals surface area contributed by atoms with Crippen LogP contribution in [0.5, 0.6) is 5.75 Å². The third kappa shape index (κ3) is 5.37. The van der Waals surface area contributed by atoms with E-state index < -0.39 is 0 Å². The van der Waals surface area contributed by atoms with Crippen molar-refractivity contribution in [3.8, 4) is 5.75 Å². The van der Waals surface area contributed by atoms with E-state index in [2.05, 4.69) is 6.92 Å². The number of rotatable bonds is 9.